The Balaban J connectivity index is 0.00000264. The molecule has 4 nitrogen and oxygen atoms in total. The predicted molar refractivity (Wildman–Crippen MR) is 109 cm³/mol. The normalized spacial score (nSPS) is 14.7. The Morgan fingerprint density at radius 2 is 2.26 bits per heavy atom. The van der Waals surface area contributed by atoms with Crippen LogP contribution in [0.2, 0.25) is 0 Å². The van der Waals surface area contributed by atoms with Crippen molar-refractivity contribution in [2.24, 2.45) is 4.99 Å². The summed E-state index contributed by atoms with van der Waals surface area (Å²) in [4.78, 5) is 6.49. The average Bonchev–Trinajstić information content (AvgIpc) is 2.56. The number of halogens is 2. The number of benzene rings is 1. The van der Waals surface area contributed by atoms with Crippen LogP contribution in [0.3, 0.4) is 0 Å². The molecule has 1 aliphatic rings. The third-order valence-corrected chi connectivity index (χ3v) is 3.73. The van der Waals surface area contributed by atoms with E-state index in [2.05, 4.69) is 40.0 Å². The minimum absolute atomic E-state index is 0. The van der Waals surface area contributed by atoms with Crippen LogP contribution in [0.1, 0.15) is 12.0 Å². The van der Waals surface area contributed by atoms with Gasteiger partial charge in [0.05, 0.1) is 13.7 Å². The van der Waals surface area contributed by atoms with Crippen LogP contribution in [0.5, 0.6) is 5.75 Å². The Kier molecular flexibility index (Phi) is 8.47. The molecule has 2 rings (SSSR count). The Morgan fingerprint density at radius 1 is 1.48 bits per heavy atom. The van der Waals surface area contributed by atoms with Crippen LogP contribution >= 0.6 is 35.6 Å². The molecule has 1 aliphatic heterocycles. The first kappa shape index (κ1) is 19.8. The van der Waals surface area contributed by atoms with Gasteiger partial charge in [-0.2, -0.15) is 0 Å². The van der Waals surface area contributed by atoms with Gasteiger partial charge in [-0.05, 0) is 29.7 Å². The van der Waals surface area contributed by atoms with Gasteiger partial charge in [-0.15, -0.1) is 24.0 Å². The van der Waals surface area contributed by atoms with Gasteiger partial charge in [-0.3, -0.25) is 4.99 Å². The number of hydrogen-bond donors (Lipinski definition) is 1. The van der Waals surface area contributed by atoms with E-state index in [9.17, 15) is 0 Å². The number of guanidine groups is 1. The summed E-state index contributed by atoms with van der Waals surface area (Å²) in [5.74, 6) is 1.74. The molecule has 0 fully saturated rings. The molecule has 0 spiro atoms. The molecule has 6 heteroatoms. The summed E-state index contributed by atoms with van der Waals surface area (Å²) in [6.07, 6.45) is 3.20. The largest absolute Gasteiger partial charge is 0.497 e. The lowest BCUT2D eigenvalue weighted by molar-refractivity contribution is 0.414. The van der Waals surface area contributed by atoms with Crippen molar-refractivity contribution in [2.75, 3.05) is 33.8 Å². The van der Waals surface area contributed by atoms with Gasteiger partial charge in [0, 0.05) is 25.2 Å². The molecule has 0 amide bonds. The number of aliphatic imine (C=N–C) groups is 1. The zero-order chi connectivity index (χ0) is 15.9. The van der Waals surface area contributed by atoms with Crippen LogP contribution in [0.4, 0.5) is 0 Å². The highest BCUT2D eigenvalue weighted by Crippen LogP contribution is 2.25. The molecule has 0 unspecified atom stereocenters. The monoisotopic (exact) mass is 447 g/mol. The maximum absolute atomic E-state index is 5.80. The van der Waals surface area contributed by atoms with E-state index in [1.807, 2.05) is 12.1 Å². The van der Waals surface area contributed by atoms with Gasteiger partial charge in [0.25, 0.3) is 0 Å². The summed E-state index contributed by atoms with van der Waals surface area (Å²) in [7, 11) is 3.47. The molecule has 1 N–H and O–H groups in total. The third kappa shape index (κ3) is 5.73. The molecule has 1 heterocycles. The van der Waals surface area contributed by atoms with E-state index < -0.39 is 0 Å². The lowest BCUT2D eigenvalue weighted by Crippen LogP contribution is -2.43. The molecule has 126 valence electrons. The average molecular weight is 448 g/mol. The highest BCUT2D eigenvalue weighted by molar-refractivity contribution is 14.0. The molecule has 0 bridgehead atoms. The Morgan fingerprint density at radius 3 is 2.83 bits per heavy atom. The van der Waals surface area contributed by atoms with Gasteiger partial charge in [0.15, 0.2) is 5.96 Å². The van der Waals surface area contributed by atoms with Gasteiger partial charge in [0.1, 0.15) is 5.75 Å². The van der Waals surface area contributed by atoms with Crippen LogP contribution in [0, 0.1) is 0 Å². The van der Waals surface area contributed by atoms with Crippen molar-refractivity contribution in [2.45, 2.75) is 6.42 Å². The first-order valence-electron chi connectivity index (χ1n) is 7.26. The van der Waals surface area contributed by atoms with E-state index >= 15 is 0 Å². The lowest BCUT2D eigenvalue weighted by atomic mass is 9.99. The first-order chi connectivity index (χ1) is 10.6. The minimum atomic E-state index is 0. The van der Waals surface area contributed by atoms with Crippen molar-refractivity contribution in [3.8, 4) is 5.75 Å². The molecule has 0 radical (unpaired) electrons. The second kappa shape index (κ2) is 9.82. The molecule has 1 aromatic carbocycles. The molecular weight excluding hydrogens is 425 g/mol. The number of ether oxygens (including phenoxy) is 1. The van der Waals surface area contributed by atoms with E-state index in [0.717, 1.165) is 31.2 Å². The second-order valence-electron chi connectivity index (χ2n) is 5.08. The number of rotatable bonds is 4. The maximum Gasteiger partial charge on any atom is 0.194 e. The molecule has 23 heavy (non-hydrogen) atoms. The molecule has 0 atom stereocenters. The number of methoxy groups -OCH3 is 1. The Bertz CT molecular complexity index is 601. The number of hydrogen-bond acceptors (Lipinski definition) is 2. The van der Waals surface area contributed by atoms with E-state index in [0.29, 0.717) is 11.6 Å². The summed E-state index contributed by atoms with van der Waals surface area (Å²) >= 11 is 5.80. The smallest absolute Gasteiger partial charge is 0.194 e. The second-order valence-corrected chi connectivity index (χ2v) is 5.61. The van der Waals surface area contributed by atoms with Crippen LogP contribution in [0.25, 0.3) is 5.57 Å². The van der Waals surface area contributed by atoms with Crippen LogP contribution in [-0.4, -0.2) is 44.7 Å². The molecule has 0 aliphatic carbocycles. The van der Waals surface area contributed by atoms with Crippen molar-refractivity contribution < 1.29 is 4.74 Å². The fourth-order valence-electron chi connectivity index (χ4n) is 2.45. The van der Waals surface area contributed by atoms with Gasteiger partial charge in [0.2, 0.25) is 0 Å². The summed E-state index contributed by atoms with van der Waals surface area (Å²) in [6, 6.07) is 8.18. The zero-order valence-electron chi connectivity index (χ0n) is 13.5. The third-order valence-electron chi connectivity index (χ3n) is 3.60. The minimum Gasteiger partial charge on any atom is -0.497 e. The predicted octanol–water partition coefficient (Wildman–Crippen LogP) is 3.73. The first-order valence-corrected chi connectivity index (χ1v) is 7.64. The number of nitrogens with one attached hydrogen (secondary N) is 1. The van der Waals surface area contributed by atoms with Crippen molar-refractivity contribution in [3.63, 3.8) is 0 Å². The van der Waals surface area contributed by atoms with Gasteiger partial charge in [-0.1, -0.05) is 36.4 Å². The summed E-state index contributed by atoms with van der Waals surface area (Å²) in [5.41, 5.74) is 2.56. The van der Waals surface area contributed by atoms with E-state index in [4.69, 9.17) is 16.3 Å². The van der Waals surface area contributed by atoms with E-state index in [-0.39, 0.29) is 24.0 Å². The Hall–Kier alpha value is -1.21. The maximum atomic E-state index is 5.80. The van der Waals surface area contributed by atoms with Gasteiger partial charge in [-0.25, -0.2) is 0 Å². The van der Waals surface area contributed by atoms with Gasteiger partial charge >= 0.3 is 0 Å². The molecular formula is C17H23ClIN3O. The Labute approximate surface area is 160 Å². The van der Waals surface area contributed by atoms with Crippen LogP contribution in [-0.2, 0) is 0 Å². The SMILES string of the molecule is C=C(Cl)CNC(=NC)N1CC=C(c2cccc(OC)c2)CC1.I. The molecule has 1 aromatic rings. The van der Waals surface area contributed by atoms with Gasteiger partial charge < -0.3 is 15.0 Å². The summed E-state index contributed by atoms with van der Waals surface area (Å²) in [6.45, 7) is 5.94. The fourth-order valence-corrected chi connectivity index (χ4v) is 2.52. The highest BCUT2D eigenvalue weighted by Gasteiger charge is 2.16. The topological polar surface area (TPSA) is 36.9 Å². The van der Waals surface area contributed by atoms with Crippen LogP contribution < -0.4 is 10.1 Å². The zero-order valence-corrected chi connectivity index (χ0v) is 16.6. The summed E-state index contributed by atoms with van der Waals surface area (Å²) < 4.78 is 5.29. The van der Waals surface area contributed by atoms with Crippen molar-refractivity contribution in [1.29, 1.82) is 0 Å². The summed E-state index contributed by atoms with van der Waals surface area (Å²) in [5, 5.41) is 3.78. The number of nitrogens with zero attached hydrogens (tertiary/aromatic N) is 2. The van der Waals surface area contributed by atoms with Crippen molar-refractivity contribution in [3.05, 3.63) is 47.5 Å². The van der Waals surface area contributed by atoms with E-state index in [1.165, 1.54) is 11.1 Å². The molecule has 0 saturated carbocycles. The lowest BCUT2D eigenvalue weighted by Gasteiger charge is -2.29. The molecule has 0 saturated heterocycles. The van der Waals surface area contributed by atoms with E-state index in [1.54, 1.807) is 14.2 Å². The highest BCUT2D eigenvalue weighted by atomic mass is 127. The van der Waals surface area contributed by atoms with Crippen molar-refractivity contribution >= 4 is 47.1 Å². The van der Waals surface area contributed by atoms with Crippen LogP contribution in [0.15, 0.2) is 46.9 Å². The standard InChI is InChI=1S/C17H22ClN3O.HI/c1-13(18)12-20-17(19-2)21-9-7-14(8-10-21)15-5-4-6-16(11-15)22-3;/h4-7,11H,1,8-10,12H2,2-3H3,(H,19,20);1H. The van der Waals surface area contributed by atoms with Crippen molar-refractivity contribution in [1.82, 2.24) is 10.2 Å². The fraction of sp³-hybridized carbons (Fsp3) is 0.353. The quantitative estimate of drug-likeness (QED) is 0.434. The molecule has 0 aromatic heterocycles.